The summed E-state index contributed by atoms with van der Waals surface area (Å²) in [7, 11) is 1.71. The third-order valence-electron chi connectivity index (χ3n) is 2.72. The van der Waals surface area contributed by atoms with Crippen LogP contribution in [0.15, 0.2) is 22.7 Å². The van der Waals surface area contributed by atoms with E-state index in [0.29, 0.717) is 10.9 Å². The molecule has 0 aromatic heterocycles. The van der Waals surface area contributed by atoms with Gasteiger partial charge in [-0.3, -0.25) is 4.79 Å². The van der Waals surface area contributed by atoms with Crippen molar-refractivity contribution in [3.8, 4) is 0 Å². The molecule has 0 radical (unpaired) electrons. The summed E-state index contributed by atoms with van der Waals surface area (Å²) in [6, 6.07) is 4.45. The van der Waals surface area contributed by atoms with Crippen molar-refractivity contribution < 1.29 is 9.18 Å². The van der Waals surface area contributed by atoms with Crippen molar-refractivity contribution in [2.24, 2.45) is 0 Å². The molecule has 94 valence electrons. The number of hydrogen-bond donors (Lipinski definition) is 0. The fraction of sp³-hybridized carbons (Fsp3) is 0.417. The van der Waals surface area contributed by atoms with E-state index in [9.17, 15) is 9.18 Å². The van der Waals surface area contributed by atoms with Crippen molar-refractivity contribution in [3.05, 3.63) is 34.1 Å². The van der Waals surface area contributed by atoms with Gasteiger partial charge in [-0.05, 0) is 41.9 Å². The molecule has 0 fully saturated rings. The summed E-state index contributed by atoms with van der Waals surface area (Å²) in [5, 5.41) is 0.648. The Balaban J connectivity index is 3.09. The lowest BCUT2D eigenvalue weighted by Crippen LogP contribution is -2.46. The molecule has 0 aliphatic carbocycles. The summed E-state index contributed by atoms with van der Waals surface area (Å²) in [4.78, 5) is 13.8. The lowest BCUT2D eigenvalue weighted by molar-refractivity contribution is 0.0662. The first-order chi connectivity index (χ1) is 7.81. The Hall–Kier alpha value is -0.420. The monoisotopic (exact) mass is 365 g/mol. The fourth-order valence-electron chi connectivity index (χ4n) is 1.21. The van der Waals surface area contributed by atoms with Crippen molar-refractivity contribution in [1.29, 1.82) is 0 Å². The molecule has 1 aromatic carbocycles. The zero-order valence-electron chi connectivity index (χ0n) is 9.93. The molecular formula is C12H14Br2FNO. The minimum atomic E-state index is -0.430. The van der Waals surface area contributed by atoms with Gasteiger partial charge in [0.15, 0.2) is 0 Å². The van der Waals surface area contributed by atoms with E-state index in [0.717, 1.165) is 0 Å². The highest BCUT2D eigenvalue weighted by Gasteiger charge is 2.28. The Morgan fingerprint density at radius 1 is 1.47 bits per heavy atom. The van der Waals surface area contributed by atoms with E-state index in [2.05, 4.69) is 31.9 Å². The number of rotatable bonds is 3. The van der Waals surface area contributed by atoms with Crippen LogP contribution in [0.1, 0.15) is 24.2 Å². The Labute approximate surface area is 117 Å². The number of carbonyl (C=O) groups is 1. The molecule has 0 aliphatic heterocycles. The number of nitrogens with zero attached hydrogens (tertiary/aromatic N) is 1. The average Bonchev–Trinajstić information content (AvgIpc) is 2.30. The summed E-state index contributed by atoms with van der Waals surface area (Å²) in [5.74, 6) is -0.637. The van der Waals surface area contributed by atoms with Gasteiger partial charge in [-0.1, -0.05) is 22.0 Å². The molecule has 0 atom stereocenters. The van der Waals surface area contributed by atoms with Gasteiger partial charge < -0.3 is 4.90 Å². The summed E-state index contributed by atoms with van der Waals surface area (Å²) in [6.45, 7) is 3.87. The van der Waals surface area contributed by atoms with Gasteiger partial charge in [-0.15, -0.1) is 0 Å². The zero-order chi connectivity index (χ0) is 13.2. The Kier molecular flexibility index (Phi) is 4.72. The molecule has 2 nitrogen and oxygen atoms in total. The number of amides is 1. The molecule has 0 saturated carbocycles. The molecule has 1 aromatic rings. The van der Waals surface area contributed by atoms with E-state index < -0.39 is 5.82 Å². The van der Waals surface area contributed by atoms with Gasteiger partial charge in [-0.25, -0.2) is 4.39 Å². The highest BCUT2D eigenvalue weighted by molar-refractivity contribution is 9.10. The second-order valence-corrected chi connectivity index (χ2v) is 5.77. The van der Waals surface area contributed by atoms with Crippen molar-refractivity contribution in [2.75, 3.05) is 12.4 Å². The number of hydrogen-bond acceptors (Lipinski definition) is 1. The van der Waals surface area contributed by atoms with Crippen LogP contribution in [0.2, 0.25) is 0 Å². The third-order valence-corrected chi connectivity index (χ3v) is 4.90. The average molecular weight is 367 g/mol. The predicted octanol–water partition coefficient (Wildman–Crippen LogP) is 3.83. The lowest BCUT2D eigenvalue weighted by atomic mass is 10.1. The first-order valence-corrected chi connectivity index (χ1v) is 7.01. The van der Waals surface area contributed by atoms with E-state index in [4.69, 9.17) is 0 Å². The van der Waals surface area contributed by atoms with Gasteiger partial charge in [0.2, 0.25) is 0 Å². The molecule has 0 aliphatic rings. The smallest absolute Gasteiger partial charge is 0.255 e. The van der Waals surface area contributed by atoms with Crippen LogP contribution in [0.5, 0.6) is 0 Å². The quantitative estimate of drug-likeness (QED) is 0.744. The first kappa shape index (κ1) is 14.6. The van der Waals surface area contributed by atoms with Crippen molar-refractivity contribution >= 4 is 37.8 Å². The van der Waals surface area contributed by atoms with E-state index >= 15 is 0 Å². The molecule has 1 amide bonds. The molecule has 0 N–H and O–H groups in total. The van der Waals surface area contributed by atoms with Crippen LogP contribution in [0, 0.1) is 5.82 Å². The molecule has 0 heterocycles. The Morgan fingerprint density at radius 2 is 2.06 bits per heavy atom. The van der Waals surface area contributed by atoms with Crippen LogP contribution in [0.4, 0.5) is 4.39 Å². The molecule has 0 unspecified atom stereocenters. The third kappa shape index (κ3) is 3.07. The topological polar surface area (TPSA) is 20.3 Å². The van der Waals surface area contributed by atoms with Crippen LogP contribution in [0.3, 0.4) is 0 Å². The van der Waals surface area contributed by atoms with Gasteiger partial charge in [0.05, 0.1) is 10.0 Å². The maximum atomic E-state index is 13.4. The minimum Gasteiger partial charge on any atom is -0.336 e. The van der Waals surface area contributed by atoms with Crippen LogP contribution >= 0.6 is 31.9 Å². The highest BCUT2D eigenvalue weighted by Crippen LogP contribution is 2.24. The zero-order valence-corrected chi connectivity index (χ0v) is 13.1. The summed E-state index contributed by atoms with van der Waals surface area (Å²) in [6.07, 6.45) is 0. The van der Waals surface area contributed by atoms with Crippen LogP contribution in [0.25, 0.3) is 0 Å². The molecule has 0 spiro atoms. The van der Waals surface area contributed by atoms with Crippen molar-refractivity contribution in [3.63, 3.8) is 0 Å². The molecule has 0 saturated heterocycles. The van der Waals surface area contributed by atoms with Gasteiger partial charge in [0.1, 0.15) is 5.82 Å². The Morgan fingerprint density at radius 3 is 2.59 bits per heavy atom. The number of halogens is 3. The van der Waals surface area contributed by atoms with Crippen molar-refractivity contribution in [2.45, 2.75) is 19.4 Å². The van der Waals surface area contributed by atoms with E-state index in [-0.39, 0.29) is 15.9 Å². The number of alkyl halides is 1. The second-order valence-electron chi connectivity index (χ2n) is 4.41. The maximum Gasteiger partial charge on any atom is 0.255 e. The highest BCUT2D eigenvalue weighted by atomic mass is 79.9. The maximum absolute atomic E-state index is 13.4. The molecule has 5 heteroatoms. The molecule has 17 heavy (non-hydrogen) atoms. The van der Waals surface area contributed by atoms with Gasteiger partial charge in [0, 0.05) is 17.9 Å². The second kappa shape index (κ2) is 5.48. The van der Waals surface area contributed by atoms with Gasteiger partial charge in [0.25, 0.3) is 5.91 Å². The largest absolute Gasteiger partial charge is 0.336 e. The van der Waals surface area contributed by atoms with Crippen LogP contribution < -0.4 is 0 Å². The van der Waals surface area contributed by atoms with Crippen molar-refractivity contribution in [1.82, 2.24) is 4.90 Å². The number of carbonyl (C=O) groups excluding carboxylic acids is 1. The summed E-state index contributed by atoms with van der Waals surface area (Å²) < 4.78 is 13.6. The Bertz CT molecular complexity index is 435. The van der Waals surface area contributed by atoms with Gasteiger partial charge >= 0.3 is 0 Å². The molecular weight excluding hydrogens is 353 g/mol. The lowest BCUT2D eigenvalue weighted by Gasteiger charge is -2.34. The van der Waals surface area contributed by atoms with E-state index in [1.807, 2.05) is 13.8 Å². The fourth-order valence-corrected chi connectivity index (χ4v) is 2.02. The minimum absolute atomic E-state index is 0.208. The predicted molar refractivity (Wildman–Crippen MR) is 74.1 cm³/mol. The van der Waals surface area contributed by atoms with Gasteiger partial charge in [-0.2, -0.15) is 0 Å². The summed E-state index contributed by atoms with van der Waals surface area (Å²) >= 11 is 6.47. The van der Waals surface area contributed by atoms with Crippen LogP contribution in [-0.4, -0.2) is 28.7 Å². The first-order valence-electron chi connectivity index (χ1n) is 5.09. The SMILES string of the molecule is CN(C(=O)c1cccc(F)c1Br)C(C)(C)CBr. The normalized spacial score (nSPS) is 11.4. The van der Waals surface area contributed by atoms with E-state index in [1.54, 1.807) is 18.0 Å². The van der Waals surface area contributed by atoms with E-state index in [1.165, 1.54) is 12.1 Å². The number of benzene rings is 1. The standard InChI is InChI=1S/C12H14Br2FNO/c1-12(2,7-13)16(3)11(17)8-5-4-6-9(15)10(8)14/h4-6H,7H2,1-3H3. The molecule has 1 rings (SSSR count). The van der Waals surface area contributed by atoms with Crippen LogP contribution in [-0.2, 0) is 0 Å². The summed E-state index contributed by atoms with van der Waals surface area (Å²) in [5.41, 5.74) is 0.00423. The molecule has 0 bridgehead atoms.